The Morgan fingerprint density at radius 1 is 1.00 bits per heavy atom. The maximum atomic E-state index is 13.8. The molecule has 166 valence electrons. The summed E-state index contributed by atoms with van der Waals surface area (Å²) in [4.78, 5) is 28.5. The third kappa shape index (κ3) is 4.85. The molecule has 0 unspecified atom stereocenters. The minimum absolute atomic E-state index is 0.0354. The van der Waals surface area contributed by atoms with Gasteiger partial charge in [-0.05, 0) is 68.9 Å². The highest BCUT2D eigenvalue weighted by Crippen LogP contribution is 2.41. The lowest BCUT2D eigenvalue weighted by Crippen LogP contribution is -2.47. The second kappa shape index (κ2) is 9.53. The topological polar surface area (TPSA) is 80.7 Å². The molecule has 0 saturated heterocycles. The highest BCUT2D eigenvalue weighted by atomic mass is 32.1. The number of amides is 1. The van der Waals surface area contributed by atoms with Crippen molar-refractivity contribution in [1.82, 2.24) is 0 Å². The average molecular weight is 441 g/mol. The van der Waals surface area contributed by atoms with Gasteiger partial charge in [0, 0.05) is 16.8 Å². The Morgan fingerprint density at radius 3 is 2.26 bits per heavy atom. The minimum Gasteiger partial charge on any atom is -0.544 e. The third-order valence-corrected chi connectivity index (χ3v) is 8.00. The van der Waals surface area contributed by atoms with Gasteiger partial charge in [-0.15, -0.1) is 11.3 Å². The Morgan fingerprint density at radius 2 is 1.65 bits per heavy atom. The smallest absolute Gasteiger partial charge is 0.230 e. The van der Waals surface area contributed by atoms with Gasteiger partial charge in [0.25, 0.3) is 0 Å². The molecule has 2 aliphatic rings. The zero-order valence-electron chi connectivity index (χ0n) is 18.0. The molecule has 6 heteroatoms. The zero-order chi connectivity index (χ0) is 22.0. The van der Waals surface area contributed by atoms with Gasteiger partial charge in [-0.25, -0.2) is 0 Å². The predicted octanol–water partition coefficient (Wildman–Crippen LogP) is 4.24. The number of hydrogen-bond donors (Lipinski definition) is 1. The van der Waals surface area contributed by atoms with E-state index >= 15 is 0 Å². The molecule has 1 heterocycles. The van der Waals surface area contributed by atoms with Crippen molar-refractivity contribution in [1.29, 1.82) is 0 Å². The Balaban J connectivity index is 1.73. The van der Waals surface area contributed by atoms with E-state index in [1.165, 1.54) is 11.3 Å². The summed E-state index contributed by atoms with van der Waals surface area (Å²) >= 11 is 1.17. The van der Waals surface area contributed by atoms with E-state index in [9.17, 15) is 19.8 Å². The van der Waals surface area contributed by atoms with Gasteiger partial charge < -0.3 is 19.9 Å². The number of carboxylic acids is 1. The number of rotatable bonds is 5. The molecule has 2 saturated carbocycles. The summed E-state index contributed by atoms with van der Waals surface area (Å²) in [6.45, 7) is 2.22. The van der Waals surface area contributed by atoms with Crippen LogP contribution in [0.15, 0.2) is 36.4 Å². The van der Waals surface area contributed by atoms with Crippen molar-refractivity contribution in [3.8, 4) is 10.4 Å². The van der Waals surface area contributed by atoms with Crippen LogP contribution in [0.3, 0.4) is 0 Å². The van der Waals surface area contributed by atoms with E-state index in [0.717, 1.165) is 36.1 Å². The Kier molecular flexibility index (Phi) is 6.77. The van der Waals surface area contributed by atoms with Gasteiger partial charge in [0.2, 0.25) is 5.91 Å². The second-order valence-electron chi connectivity index (χ2n) is 9.11. The summed E-state index contributed by atoms with van der Waals surface area (Å²) < 4.78 is 0. The maximum absolute atomic E-state index is 13.8. The first kappa shape index (κ1) is 22.0. The van der Waals surface area contributed by atoms with E-state index in [1.54, 1.807) is 4.90 Å². The van der Waals surface area contributed by atoms with Crippen molar-refractivity contribution in [2.75, 3.05) is 4.90 Å². The number of aliphatic hydroxyl groups excluding tert-OH is 1. The van der Waals surface area contributed by atoms with Gasteiger partial charge in [0.05, 0.1) is 22.6 Å². The van der Waals surface area contributed by atoms with Crippen LogP contribution in [0, 0.1) is 11.8 Å². The fourth-order valence-electron chi connectivity index (χ4n) is 4.97. The first-order valence-corrected chi connectivity index (χ1v) is 12.2. The molecule has 2 aromatic rings. The van der Waals surface area contributed by atoms with E-state index in [4.69, 9.17) is 0 Å². The molecule has 1 amide bonds. The number of hydrogen-bond acceptors (Lipinski definition) is 5. The van der Waals surface area contributed by atoms with Gasteiger partial charge in [-0.3, -0.25) is 4.79 Å². The number of carbonyl (C=O) groups excluding carboxylic acids is 2. The SMILES string of the molecule is CC1CCC(C(=O)N(c2cc(-c3ccccc3)sc2C(=O)[O-])C2CCC(O)CC2)CC1. The molecule has 5 nitrogen and oxygen atoms in total. The van der Waals surface area contributed by atoms with Crippen LogP contribution in [0.1, 0.15) is 68.0 Å². The van der Waals surface area contributed by atoms with Gasteiger partial charge in [-0.2, -0.15) is 0 Å². The lowest BCUT2D eigenvalue weighted by Gasteiger charge is -2.39. The Bertz CT molecular complexity index is 909. The lowest BCUT2D eigenvalue weighted by molar-refractivity contribution is -0.254. The van der Waals surface area contributed by atoms with Gasteiger partial charge in [0.1, 0.15) is 0 Å². The van der Waals surface area contributed by atoms with Crippen LogP contribution in [0.2, 0.25) is 0 Å². The molecular formula is C25H30NO4S-. The van der Waals surface area contributed by atoms with Crippen molar-refractivity contribution in [2.24, 2.45) is 11.8 Å². The third-order valence-electron chi connectivity index (χ3n) is 6.85. The highest BCUT2D eigenvalue weighted by Gasteiger charge is 2.36. The molecule has 31 heavy (non-hydrogen) atoms. The number of benzene rings is 1. The molecule has 0 aliphatic heterocycles. The molecule has 0 spiro atoms. The summed E-state index contributed by atoms with van der Waals surface area (Å²) in [5.41, 5.74) is 1.40. The number of carbonyl (C=O) groups is 2. The van der Waals surface area contributed by atoms with Crippen LogP contribution >= 0.6 is 11.3 Å². The van der Waals surface area contributed by atoms with Crippen molar-refractivity contribution < 1.29 is 19.8 Å². The first-order chi connectivity index (χ1) is 14.9. The number of aromatic carboxylic acids is 1. The van der Waals surface area contributed by atoms with Crippen LogP contribution in [0.25, 0.3) is 10.4 Å². The van der Waals surface area contributed by atoms with Crippen molar-refractivity contribution in [3.63, 3.8) is 0 Å². The summed E-state index contributed by atoms with van der Waals surface area (Å²) in [5, 5.41) is 22.1. The lowest BCUT2D eigenvalue weighted by atomic mass is 9.81. The molecule has 2 fully saturated rings. The van der Waals surface area contributed by atoms with Crippen LogP contribution in [0.5, 0.6) is 0 Å². The molecule has 0 radical (unpaired) electrons. The zero-order valence-corrected chi connectivity index (χ0v) is 18.8. The van der Waals surface area contributed by atoms with E-state index in [2.05, 4.69) is 6.92 Å². The first-order valence-electron chi connectivity index (χ1n) is 11.4. The monoisotopic (exact) mass is 440 g/mol. The largest absolute Gasteiger partial charge is 0.544 e. The van der Waals surface area contributed by atoms with E-state index in [1.807, 2.05) is 36.4 Å². The quantitative estimate of drug-likeness (QED) is 0.754. The predicted molar refractivity (Wildman–Crippen MR) is 121 cm³/mol. The van der Waals surface area contributed by atoms with Crippen LogP contribution < -0.4 is 10.0 Å². The molecule has 1 N–H and O–H groups in total. The van der Waals surface area contributed by atoms with E-state index in [0.29, 0.717) is 37.3 Å². The minimum atomic E-state index is -1.24. The van der Waals surface area contributed by atoms with Gasteiger partial charge in [0.15, 0.2) is 0 Å². The standard InChI is InChI=1S/C25H31NO4S/c1-16-7-9-18(10-8-16)24(28)26(19-11-13-20(27)14-12-19)21-15-22(31-23(21)25(29)30)17-5-3-2-4-6-17/h2-6,15-16,18-20,27H,7-14H2,1H3,(H,29,30)/p-1. The molecular weight excluding hydrogens is 410 g/mol. The molecule has 2 aliphatic carbocycles. The average Bonchev–Trinajstić information content (AvgIpc) is 3.22. The van der Waals surface area contributed by atoms with E-state index in [-0.39, 0.29) is 28.8 Å². The Hall–Kier alpha value is -2.18. The number of thiophene rings is 1. The summed E-state index contributed by atoms with van der Waals surface area (Å²) in [6, 6.07) is 11.4. The molecule has 1 aromatic heterocycles. The number of carboxylic acid groups (broad SMARTS) is 1. The number of nitrogens with zero attached hydrogens (tertiary/aromatic N) is 1. The maximum Gasteiger partial charge on any atom is 0.230 e. The number of anilines is 1. The summed E-state index contributed by atoms with van der Waals surface area (Å²) in [6.07, 6.45) is 6.04. The fourth-order valence-corrected chi connectivity index (χ4v) is 5.96. The number of aliphatic hydroxyl groups is 1. The van der Waals surface area contributed by atoms with Crippen molar-refractivity contribution in [3.05, 3.63) is 41.3 Å². The van der Waals surface area contributed by atoms with Crippen LogP contribution in [-0.2, 0) is 4.79 Å². The van der Waals surface area contributed by atoms with Crippen molar-refractivity contribution >= 4 is 28.9 Å². The second-order valence-corrected chi connectivity index (χ2v) is 10.2. The van der Waals surface area contributed by atoms with Gasteiger partial charge >= 0.3 is 0 Å². The molecule has 0 atom stereocenters. The van der Waals surface area contributed by atoms with Crippen LogP contribution in [-0.4, -0.2) is 29.1 Å². The molecule has 1 aromatic carbocycles. The van der Waals surface area contributed by atoms with Gasteiger partial charge in [-0.1, -0.05) is 37.3 Å². The van der Waals surface area contributed by atoms with E-state index < -0.39 is 5.97 Å². The highest BCUT2D eigenvalue weighted by molar-refractivity contribution is 7.18. The fraction of sp³-hybridized carbons (Fsp3) is 0.520. The normalized spacial score (nSPS) is 26.4. The molecule has 4 rings (SSSR count). The summed E-state index contributed by atoms with van der Waals surface area (Å²) in [7, 11) is 0. The van der Waals surface area contributed by atoms with Crippen molar-refractivity contribution in [2.45, 2.75) is 70.4 Å². The van der Waals surface area contributed by atoms with Crippen LogP contribution in [0.4, 0.5) is 5.69 Å². The Labute approximate surface area is 187 Å². The molecule has 0 bridgehead atoms. The summed E-state index contributed by atoms with van der Waals surface area (Å²) in [5.74, 6) is -0.647.